The summed E-state index contributed by atoms with van der Waals surface area (Å²) in [5.74, 6) is 0.631. The number of anilines is 1. The zero-order chi connectivity index (χ0) is 24.4. The van der Waals surface area contributed by atoms with Gasteiger partial charge in [0.1, 0.15) is 17.0 Å². The first kappa shape index (κ1) is 22.3. The lowest BCUT2D eigenvalue weighted by atomic mass is 10.2. The number of fused-ring (bicyclic) bond motifs is 1. The summed E-state index contributed by atoms with van der Waals surface area (Å²) < 4.78 is 7.72. The van der Waals surface area contributed by atoms with Crippen LogP contribution in [-0.2, 0) is 0 Å². The minimum Gasteiger partial charge on any atom is -0.454 e. The first-order chi connectivity index (χ1) is 17.0. The molecule has 0 aliphatic rings. The molecule has 0 bridgehead atoms. The molecule has 0 fully saturated rings. The van der Waals surface area contributed by atoms with E-state index in [1.165, 1.54) is 17.4 Å². The average Bonchev–Trinajstić information content (AvgIpc) is 3.47. The Labute approximate surface area is 204 Å². The molecule has 8 nitrogen and oxygen atoms in total. The standard InChI is InChI=1S/C26H21N5O3S/c1-29(2)20-13-11-18(12-14-20)16-27-30-23(25-15-19-7-3-6-10-24(19)34-25)17-35-26(30)28-21-8-4-5-9-22(21)31(32)33/h3-17H,1-2H3. The predicted octanol–water partition coefficient (Wildman–Crippen LogP) is 6.05. The maximum Gasteiger partial charge on any atom is 0.294 e. The highest BCUT2D eigenvalue weighted by Crippen LogP contribution is 2.29. The Morgan fingerprint density at radius 1 is 1.03 bits per heavy atom. The lowest BCUT2D eigenvalue weighted by molar-refractivity contribution is -0.384. The van der Waals surface area contributed by atoms with E-state index >= 15 is 0 Å². The number of nitrogens with zero attached hydrogens (tertiary/aromatic N) is 5. The number of aromatic nitrogens is 1. The summed E-state index contributed by atoms with van der Waals surface area (Å²) in [6.45, 7) is 0. The summed E-state index contributed by atoms with van der Waals surface area (Å²) in [5.41, 5.74) is 3.64. The van der Waals surface area contributed by atoms with Crippen LogP contribution >= 0.6 is 11.3 Å². The molecule has 3 aromatic carbocycles. The first-order valence-corrected chi connectivity index (χ1v) is 11.7. The van der Waals surface area contributed by atoms with Crippen molar-refractivity contribution in [1.29, 1.82) is 0 Å². The van der Waals surface area contributed by atoms with Crippen LogP contribution in [0.2, 0.25) is 0 Å². The number of furan rings is 1. The van der Waals surface area contributed by atoms with Gasteiger partial charge in [-0.05, 0) is 35.9 Å². The molecule has 0 amide bonds. The second-order valence-electron chi connectivity index (χ2n) is 7.95. The molecule has 0 radical (unpaired) electrons. The molecule has 0 aliphatic heterocycles. The third kappa shape index (κ3) is 4.62. The van der Waals surface area contributed by atoms with E-state index in [0.29, 0.717) is 16.3 Å². The van der Waals surface area contributed by atoms with Gasteiger partial charge < -0.3 is 9.32 Å². The van der Waals surface area contributed by atoms with Crippen LogP contribution in [0.3, 0.4) is 0 Å². The van der Waals surface area contributed by atoms with Crippen LogP contribution in [0, 0.1) is 10.1 Å². The van der Waals surface area contributed by atoms with Crippen molar-refractivity contribution in [3.63, 3.8) is 0 Å². The Kier molecular flexibility index (Phi) is 5.99. The molecule has 2 heterocycles. The van der Waals surface area contributed by atoms with Crippen molar-refractivity contribution in [2.24, 2.45) is 10.1 Å². The van der Waals surface area contributed by atoms with E-state index in [1.54, 1.807) is 29.1 Å². The third-order valence-corrected chi connectivity index (χ3v) is 6.21. The summed E-state index contributed by atoms with van der Waals surface area (Å²) in [7, 11) is 3.97. The molecule has 5 rings (SSSR count). The highest BCUT2D eigenvalue weighted by molar-refractivity contribution is 7.07. The number of hydrogen-bond acceptors (Lipinski definition) is 7. The first-order valence-electron chi connectivity index (χ1n) is 10.8. The van der Waals surface area contributed by atoms with E-state index in [0.717, 1.165) is 22.2 Å². The van der Waals surface area contributed by atoms with Crippen molar-refractivity contribution in [3.05, 3.63) is 105 Å². The monoisotopic (exact) mass is 483 g/mol. The summed E-state index contributed by atoms with van der Waals surface area (Å²) in [5, 5.41) is 19.1. The summed E-state index contributed by atoms with van der Waals surface area (Å²) in [4.78, 5) is 18.2. The van der Waals surface area contributed by atoms with Crippen molar-refractivity contribution < 1.29 is 9.34 Å². The van der Waals surface area contributed by atoms with Crippen LogP contribution in [-0.4, -0.2) is 29.9 Å². The Balaban J connectivity index is 1.64. The SMILES string of the molecule is CN(C)c1ccc(C=Nn2c(-c3cc4ccccc4o3)csc2=Nc2ccccc2[N+](=O)[O-])cc1. The van der Waals surface area contributed by atoms with Gasteiger partial charge in [-0.2, -0.15) is 5.10 Å². The van der Waals surface area contributed by atoms with Crippen LogP contribution in [0.4, 0.5) is 17.1 Å². The molecular weight excluding hydrogens is 462 g/mol. The summed E-state index contributed by atoms with van der Waals surface area (Å²) in [6.07, 6.45) is 1.73. The van der Waals surface area contributed by atoms with Crippen LogP contribution < -0.4 is 9.70 Å². The number of rotatable bonds is 6. The van der Waals surface area contributed by atoms with E-state index in [4.69, 9.17) is 9.52 Å². The number of nitro benzene ring substituents is 1. The zero-order valence-electron chi connectivity index (χ0n) is 19.0. The quantitative estimate of drug-likeness (QED) is 0.167. The Hall–Kier alpha value is -4.50. The Bertz CT molecular complexity index is 1580. The number of para-hydroxylation sites is 3. The highest BCUT2D eigenvalue weighted by atomic mass is 32.1. The van der Waals surface area contributed by atoms with Crippen LogP contribution in [0.15, 0.2) is 98.8 Å². The number of benzene rings is 3. The molecule has 5 aromatic rings. The highest BCUT2D eigenvalue weighted by Gasteiger charge is 2.15. The average molecular weight is 484 g/mol. The maximum atomic E-state index is 11.5. The van der Waals surface area contributed by atoms with Gasteiger partial charge in [0.25, 0.3) is 5.69 Å². The van der Waals surface area contributed by atoms with Crippen molar-refractivity contribution in [1.82, 2.24) is 4.68 Å². The van der Waals surface area contributed by atoms with E-state index < -0.39 is 4.92 Å². The van der Waals surface area contributed by atoms with Gasteiger partial charge >= 0.3 is 0 Å². The van der Waals surface area contributed by atoms with Crippen molar-refractivity contribution >= 4 is 45.6 Å². The van der Waals surface area contributed by atoms with E-state index in [1.807, 2.05) is 79.0 Å². The second kappa shape index (κ2) is 9.40. The van der Waals surface area contributed by atoms with Crippen molar-refractivity contribution in [3.8, 4) is 11.5 Å². The molecular formula is C26H21N5O3S. The van der Waals surface area contributed by atoms with Crippen molar-refractivity contribution in [2.75, 3.05) is 19.0 Å². The lowest BCUT2D eigenvalue weighted by Crippen LogP contribution is -2.11. The topological polar surface area (TPSA) is 89.2 Å². The molecule has 0 atom stereocenters. The minimum absolute atomic E-state index is 0.0685. The van der Waals surface area contributed by atoms with E-state index in [-0.39, 0.29) is 11.4 Å². The van der Waals surface area contributed by atoms with Gasteiger partial charge in [-0.25, -0.2) is 9.67 Å². The molecule has 0 unspecified atom stereocenters. The van der Waals surface area contributed by atoms with Crippen LogP contribution in [0.1, 0.15) is 5.56 Å². The van der Waals surface area contributed by atoms with Crippen molar-refractivity contribution in [2.45, 2.75) is 0 Å². The molecule has 0 saturated carbocycles. The fourth-order valence-corrected chi connectivity index (χ4v) is 4.40. The molecule has 0 saturated heterocycles. The van der Waals surface area contributed by atoms with E-state index in [9.17, 15) is 10.1 Å². The number of hydrogen-bond donors (Lipinski definition) is 0. The normalized spacial score (nSPS) is 12.0. The minimum atomic E-state index is -0.438. The largest absolute Gasteiger partial charge is 0.454 e. The molecule has 9 heteroatoms. The van der Waals surface area contributed by atoms with E-state index in [2.05, 4.69) is 4.99 Å². The number of nitro groups is 1. The molecule has 0 N–H and O–H groups in total. The Morgan fingerprint density at radius 3 is 2.51 bits per heavy atom. The zero-order valence-corrected chi connectivity index (χ0v) is 19.8. The molecule has 174 valence electrons. The van der Waals surface area contributed by atoms with Gasteiger partial charge in [-0.3, -0.25) is 10.1 Å². The molecule has 2 aromatic heterocycles. The van der Waals surface area contributed by atoms with Gasteiger partial charge in [0, 0.05) is 36.6 Å². The molecule has 35 heavy (non-hydrogen) atoms. The predicted molar refractivity (Wildman–Crippen MR) is 140 cm³/mol. The van der Waals surface area contributed by atoms with Crippen LogP contribution in [0.5, 0.6) is 0 Å². The third-order valence-electron chi connectivity index (χ3n) is 5.39. The summed E-state index contributed by atoms with van der Waals surface area (Å²) >= 11 is 1.33. The maximum absolute atomic E-state index is 11.5. The van der Waals surface area contributed by atoms with Gasteiger partial charge in [0.05, 0.1) is 11.1 Å². The Morgan fingerprint density at radius 2 is 1.77 bits per heavy atom. The number of thiazole rings is 1. The fraction of sp³-hybridized carbons (Fsp3) is 0.0769. The van der Waals surface area contributed by atoms with Gasteiger partial charge in [0.2, 0.25) is 4.80 Å². The molecule has 0 aliphatic carbocycles. The fourth-order valence-electron chi connectivity index (χ4n) is 3.57. The molecule has 0 spiro atoms. The lowest BCUT2D eigenvalue weighted by Gasteiger charge is -2.11. The van der Waals surface area contributed by atoms with Gasteiger partial charge in [-0.1, -0.05) is 42.5 Å². The van der Waals surface area contributed by atoms with Gasteiger partial charge in [0.15, 0.2) is 5.76 Å². The van der Waals surface area contributed by atoms with Crippen LogP contribution in [0.25, 0.3) is 22.4 Å². The summed E-state index contributed by atoms with van der Waals surface area (Å²) in [6, 6.07) is 24.1. The van der Waals surface area contributed by atoms with Gasteiger partial charge in [-0.15, -0.1) is 11.3 Å². The second-order valence-corrected chi connectivity index (χ2v) is 8.79. The smallest absolute Gasteiger partial charge is 0.294 e.